The van der Waals surface area contributed by atoms with Crippen LogP contribution < -0.4 is 0 Å². The molecule has 0 amide bonds. The Kier molecular flexibility index (Phi) is 2.60. The number of thioether (sulfide) groups is 1. The van der Waals surface area contributed by atoms with Crippen LogP contribution in [0.15, 0.2) is 15.3 Å². The first-order valence-electron chi connectivity index (χ1n) is 4.10. The van der Waals surface area contributed by atoms with Crippen molar-refractivity contribution in [1.82, 2.24) is 0 Å². The second kappa shape index (κ2) is 3.74. The summed E-state index contributed by atoms with van der Waals surface area (Å²) in [4.78, 5) is 16.1. The molecule has 1 aliphatic rings. The number of carbonyl (C=O) groups is 1. The summed E-state index contributed by atoms with van der Waals surface area (Å²) in [6, 6.07) is 2.01. The number of rotatable bonds is 2. The van der Waals surface area contributed by atoms with E-state index >= 15 is 0 Å². The Morgan fingerprint density at radius 3 is 3.00 bits per heavy atom. The molecule has 1 aliphatic heterocycles. The van der Waals surface area contributed by atoms with Gasteiger partial charge in [0.05, 0.1) is 9.77 Å². The highest BCUT2D eigenvalue weighted by molar-refractivity contribution is 8.00. The number of thiophene rings is 1. The molecule has 74 valence electrons. The molecular formula is C9H9NO2S2. The smallest absolute Gasteiger partial charge is 0.334 e. The number of esters is 1. The number of cyclic esters (lactones) is 1. The monoisotopic (exact) mass is 227 g/mol. The summed E-state index contributed by atoms with van der Waals surface area (Å²) in [5.74, 6) is 0.208. The third kappa shape index (κ3) is 1.69. The van der Waals surface area contributed by atoms with Crippen molar-refractivity contribution in [3.05, 3.63) is 16.5 Å². The molecule has 0 saturated carbocycles. The summed E-state index contributed by atoms with van der Waals surface area (Å²) in [5, 5.41) is 0. The summed E-state index contributed by atoms with van der Waals surface area (Å²) in [6.07, 6.45) is 2.01. The van der Waals surface area contributed by atoms with Crippen LogP contribution in [0.1, 0.15) is 10.4 Å². The molecule has 14 heavy (non-hydrogen) atoms. The van der Waals surface area contributed by atoms with Crippen molar-refractivity contribution in [3.63, 3.8) is 0 Å². The standard InChI is InChI=1S/C9H9NO2S2/c1-5-3-6(9(13-2)14-5)8-10-4-7(11)12-8/h3H,4H2,1-2H3. The Bertz CT molecular complexity index is 409. The molecule has 1 aromatic heterocycles. The number of carbonyl (C=O) groups excluding carboxylic acids is 1. The van der Waals surface area contributed by atoms with Gasteiger partial charge in [-0.05, 0) is 19.2 Å². The molecule has 0 atom stereocenters. The largest absolute Gasteiger partial charge is 0.406 e. The first kappa shape index (κ1) is 9.73. The molecule has 5 heteroatoms. The molecule has 3 nitrogen and oxygen atoms in total. The molecule has 0 radical (unpaired) electrons. The van der Waals surface area contributed by atoms with Crippen LogP contribution in [-0.4, -0.2) is 24.7 Å². The second-order valence-corrected chi connectivity index (χ2v) is 5.19. The van der Waals surface area contributed by atoms with Crippen LogP contribution >= 0.6 is 23.1 Å². The summed E-state index contributed by atoms with van der Waals surface area (Å²) >= 11 is 3.34. The maximum absolute atomic E-state index is 10.9. The molecule has 2 heterocycles. The summed E-state index contributed by atoms with van der Waals surface area (Å²) in [7, 11) is 0. The van der Waals surface area contributed by atoms with Crippen LogP contribution in [0, 0.1) is 6.92 Å². The van der Waals surface area contributed by atoms with Gasteiger partial charge in [-0.15, -0.1) is 23.1 Å². The lowest BCUT2D eigenvalue weighted by atomic mass is 10.3. The predicted octanol–water partition coefficient (Wildman–Crippen LogP) is 2.08. The molecule has 0 fully saturated rings. The number of hydrogen-bond donors (Lipinski definition) is 0. The molecule has 0 unspecified atom stereocenters. The molecule has 0 aliphatic carbocycles. The topological polar surface area (TPSA) is 38.7 Å². The minimum absolute atomic E-state index is 0.151. The minimum atomic E-state index is -0.268. The van der Waals surface area contributed by atoms with Gasteiger partial charge in [-0.1, -0.05) is 0 Å². The predicted molar refractivity (Wildman–Crippen MR) is 58.3 cm³/mol. The van der Waals surface area contributed by atoms with Crippen LogP contribution in [0.3, 0.4) is 0 Å². The summed E-state index contributed by atoms with van der Waals surface area (Å²) in [6.45, 7) is 2.18. The molecule has 0 saturated heterocycles. The third-order valence-corrected chi connectivity index (χ3v) is 3.99. The lowest BCUT2D eigenvalue weighted by Crippen LogP contribution is -2.05. The molecule has 2 rings (SSSR count). The van der Waals surface area contributed by atoms with E-state index < -0.39 is 0 Å². The van der Waals surface area contributed by atoms with Crippen LogP contribution in [0.25, 0.3) is 0 Å². The van der Waals surface area contributed by atoms with E-state index in [9.17, 15) is 4.79 Å². The van der Waals surface area contributed by atoms with Crippen molar-refractivity contribution >= 4 is 35.0 Å². The molecule has 0 aromatic carbocycles. The van der Waals surface area contributed by atoms with Crippen LogP contribution in [-0.2, 0) is 9.53 Å². The summed E-state index contributed by atoms with van der Waals surface area (Å²) in [5.41, 5.74) is 0.950. The number of hydrogen-bond acceptors (Lipinski definition) is 5. The van der Waals surface area contributed by atoms with Gasteiger partial charge in [0.25, 0.3) is 0 Å². The molecule has 0 spiro atoms. The second-order valence-electron chi connectivity index (χ2n) is 2.86. The zero-order valence-electron chi connectivity index (χ0n) is 7.86. The van der Waals surface area contributed by atoms with Gasteiger partial charge >= 0.3 is 5.97 Å². The van der Waals surface area contributed by atoms with Gasteiger partial charge in [-0.3, -0.25) is 0 Å². The maximum Gasteiger partial charge on any atom is 0.334 e. The fraction of sp³-hybridized carbons (Fsp3) is 0.333. The van der Waals surface area contributed by atoms with Gasteiger partial charge in [0, 0.05) is 4.88 Å². The van der Waals surface area contributed by atoms with E-state index in [1.807, 2.05) is 19.2 Å². The minimum Gasteiger partial charge on any atom is -0.406 e. The Balaban J connectivity index is 2.36. The van der Waals surface area contributed by atoms with Gasteiger partial charge in [-0.25, -0.2) is 9.79 Å². The lowest BCUT2D eigenvalue weighted by Gasteiger charge is -1.98. The maximum atomic E-state index is 10.9. The van der Waals surface area contributed by atoms with E-state index in [1.165, 1.54) is 4.88 Å². The van der Waals surface area contributed by atoms with Crippen molar-refractivity contribution in [2.24, 2.45) is 4.99 Å². The van der Waals surface area contributed by atoms with Gasteiger partial charge in [0.2, 0.25) is 5.90 Å². The Morgan fingerprint density at radius 1 is 1.64 bits per heavy atom. The average Bonchev–Trinajstić information content (AvgIpc) is 2.71. The van der Waals surface area contributed by atoms with E-state index in [1.54, 1.807) is 23.1 Å². The van der Waals surface area contributed by atoms with E-state index in [-0.39, 0.29) is 12.5 Å². The van der Waals surface area contributed by atoms with Gasteiger partial charge in [0.15, 0.2) is 0 Å². The number of nitrogens with zero attached hydrogens (tertiary/aromatic N) is 1. The van der Waals surface area contributed by atoms with Gasteiger partial charge < -0.3 is 4.74 Å². The highest BCUT2D eigenvalue weighted by atomic mass is 32.2. The fourth-order valence-electron chi connectivity index (χ4n) is 1.24. The first-order chi connectivity index (χ1) is 6.70. The molecule has 0 N–H and O–H groups in total. The molecule has 0 bridgehead atoms. The van der Waals surface area contributed by atoms with Crippen LogP contribution in [0.5, 0.6) is 0 Å². The normalized spacial score (nSPS) is 15.6. The van der Waals surface area contributed by atoms with Crippen molar-refractivity contribution in [3.8, 4) is 0 Å². The molecule has 1 aromatic rings. The number of ether oxygens (including phenoxy) is 1. The average molecular weight is 227 g/mol. The van der Waals surface area contributed by atoms with Crippen LogP contribution in [0.2, 0.25) is 0 Å². The van der Waals surface area contributed by atoms with Gasteiger partial charge in [-0.2, -0.15) is 0 Å². The van der Waals surface area contributed by atoms with Crippen molar-refractivity contribution in [1.29, 1.82) is 0 Å². The fourth-order valence-corrected chi connectivity index (χ4v) is 3.06. The first-order valence-corrected chi connectivity index (χ1v) is 6.14. The molecular weight excluding hydrogens is 218 g/mol. The van der Waals surface area contributed by atoms with Crippen molar-refractivity contribution in [2.75, 3.05) is 12.8 Å². The SMILES string of the molecule is CSc1sc(C)cc1C1=NCC(=O)O1. The van der Waals surface area contributed by atoms with E-state index in [0.717, 1.165) is 9.77 Å². The Morgan fingerprint density at radius 2 is 2.43 bits per heavy atom. The number of aliphatic imine (C=N–C) groups is 1. The Hall–Kier alpha value is -0.810. The highest BCUT2D eigenvalue weighted by Crippen LogP contribution is 2.31. The van der Waals surface area contributed by atoms with Crippen LogP contribution in [0.4, 0.5) is 0 Å². The zero-order valence-corrected chi connectivity index (χ0v) is 9.50. The summed E-state index contributed by atoms with van der Waals surface area (Å²) < 4.78 is 6.16. The highest BCUT2D eigenvalue weighted by Gasteiger charge is 2.21. The van der Waals surface area contributed by atoms with E-state index in [0.29, 0.717) is 5.90 Å². The van der Waals surface area contributed by atoms with Crippen molar-refractivity contribution < 1.29 is 9.53 Å². The Labute approximate surface area is 90.2 Å². The lowest BCUT2D eigenvalue weighted by molar-refractivity contribution is -0.132. The number of aryl methyl sites for hydroxylation is 1. The third-order valence-electron chi connectivity index (χ3n) is 1.80. The van der Waals surface area contributed by atoms with Crippen molar-refractivity contribution in [2.45, 2.75) is 11.1 Å². The van der Waals surface area contributed by atoms with Gasteiger partial charge in [0.1, 0.15) is 6.54 Å². The quantitative estimate of drug-likeness (QED) is 0.573. The van der Waals surface area contributed by atoms with E-state index in [2.05, 4.69) is 4.99 Å². The van der Waals surface area contributed by atoms with E-state index in [4.69, 9.17) is 4.74 Å². The zero-order chi connectivity index (χ0) is 10.1.